The molecule has 1 rings (SSSR count). The van der Waals surface area contributed by atoms with Crippen molar-refractivity contribution in [3.05, 3.63) is 18.3 Å². The van der Waals surface area contributed by atoms with Crippen LogP contribution in [0.2, 0.25) is 0 Å². The quantitative estimate of drug-likeness (QED) is 0.711. The monoisotopic (exact) mass is 199 g/mol. The van der Waals surface area contributed by atoms with Gasteiger partial charge in [0.15, 0.2) is 0 Å². The lowest BCUT2D eigenvalue weighted by Crippen LogP contribution is -2.27. The van der Waals surface area contributed by atoms with Crippen LogP contribution < -0.4 is 5.32 Å². The molecule has 0 aliphatic carbocycles. The van der Waals surface area contributed by atoms with E-state index in [1.165, 1.54) is 6.07 Å². The molecule has 0 aliphatic rings. The Kier molecular flexibility index (Phi) is 3.35. The zero-order chi connectivity index (χ0) is 10.6. The minimum Gasteiger partial charge on any atom is -0.396 e. The maximum atomic E-state index is 12.6. The second-order valence-electron chi connectivity index (χ2n) is 3.90. The summed E-state index contributed by atoms with van der Waals surface area (Å²) in [6.07, 6.45) is 1.16. The summed E-state index contributed by atoms with van der Waals surface area (Å²) in [6.45, 7) is 4.39. The summed E-state index contributed by atoms with van der Waals surface area (Å²) in [5, 5.41) is 11.9. The van der Waals surface area contributed by atoms with Gasteiger partial charge >= 0.3 is 0 Å². The van der Waals surface area contributed by atoms with Gasteiger partial charge in [-0.2, -0.15) is 4.39 Å². The number of nitrogens with zero attached hydrogens (tertiary/aromatic N) is 2. The van der Waals surface area contributed by atoms with Gasteiger partial charge in [-0.3, -0.25) is 0 Å². The van der Waals surface area contributed by atoms with Crippen LogP contribution in [0.25, 0.3) is 0 Å². The lowest BCUT2D eigenvalue weighted by Gasteiger charge is -2.21. The minimum absolute atomic E-state index is 0.0631. The largest absolute Gasteiger partial charge is 0.396 e. The lowest BCUT2D eigenvalue weighted by molar-refractivity contribution is 0.170. The summed E-state index contributed by atoms with van der Waals surface area (Å²) in [7, 11) is 0. The van der Waals surface area contributed by atoms with Gasteiger partial charge in [0, 0.05) is 24.6 Å². The molecule has 2 N–H and O–H groups in total. The summed E-state index contributed by atoms with van der Waals surface area (Å²) >= 11 is 0. The third-order valence-electron chi connectivity index (χ3n) is 1.81. The minimum atomic E-state index is -0.565. The Morgan fingerprint density at radius 2 is 2.21 bits per heavy atom. The smallest absolute Gasteiger partial charge is 0.217 e. The van der Waals surface area contributed by atoms with Gasteiger partial charge in [-0.25, -0.2) is 9.97 Å². The molecule has 14 heavy (non-hydrogen) atoms. The zero-order valence-electron chi connectivity index (χ0n) is 8.29. The fraction of sp³-hybridized carbons (Fsp3) is 0.556. The van der Waals surface area contributed by atoms with Crippen molar-refractivity contribution >= 4 is 5.82 Å². The number of aliphatic hydroxyl groups is 1. The van der Waals surface area contributed by atoms with E-state index >= 15 is 0 Å². The first-order valence-electron chi connectivity index (χ1n) is 4.36. The van der Waals surface area contributed by atoms with Gasteiger partial charge in [0.2, 0.25) is 5.95 Å². The summed E-state index contributed by atoms with van der Waals surface area (Å²) in [4.78, 5) is 7.17. The van der Waals surface area contributed by atoms with Crippen molar-refractivity contribution in [3.8, 4) is 0 Å². The van der Waals surface area contributed by atoms with Gasteiger partial charge in [-0.15, -0.1) is 0 Å². The van der Waals surface area contributed by atoms with Crippen LogP contribution in [0.4, 0.5) is 10.2 Å². The first-order valence-corrected chi connectivity index (χ1v) is 4.36. The van der Waals surface area contributed by atoms with Crippen molar-refractivity contribution in [2.24, 2.45) is 5.41 Å². The van der Waals surface area contributed by atoms with E-state index in [-0.39, 0.29) is 12.0 Å². The van der Waals surface area contributed by atoms with Crippen molar-refractivity contribution in [2.45, 2.75) is 13.8 Å². The topological polar surface area (TPSA) is 58.0 Å². The molecule has 0 aromatic carbocycles. The molecule has 0 saturated carbocycles. The Morgan fingerprint density at radius 1 is 1.50 bits per heavy atom. The summed E-state index contributed by atoms with van der Waals surface area (Å²) in [5.41, 5.74) is -0.249. The molecule has 4 nitrogen and oxygen atoms in total. The van der Waals surface area contributed by atoms with Gasteiger partial charge in [0.1, 0.15) is 12.1 Å². The number of halogens is 1. The van der Waals surface area contributed by atoms with Crippen molar-refractivity contribution in [3.63, 3.8) is 0 Å². The highest BCUT2D eigenvalue weighted by molar-refractivity contribution is 5.32. The van der Waals surface area contributed by atoms with Gasteiger partial charge in [0.25, 0.3) is 0 Å². The van der Waals surface area contributed by atoms with Crippen LogP contribution in [0.15, 0.2) is 12.4 Å². The molecule has 0 radical (unpaired) electrons. The van der Waals surface area contributed by atoms with Crippen LogP contribution in [0.3, 0.4) is 0 Å². The lowest BCUT2D eigenvalue weighted by atomic mass is 9.95. The van der Waals surface area contributed by atoms with E-state index in [0.717, 1.165) is 6.33 Å². The normalized spacial score (nSPS) is 11.4. The van der Waals surface area contributed by atoms with E-state index in [0.29, 0.717) is 12.4 Å². The fourth-order valence-electron chi connectivity index (χ4n) is 0.816. The molecule has 0 atom stereocenters. The van der Waals surface area contributed by atoms with Crippen molar-refractivity contribution in [1.29, 1.82) is 0 Å². The molecular formula is C9H14FN3O. The molecule has 0 spiro atoms. The molecule has 1 aromatic rings. The maximum Gasteiger partial charge on any atom is 0.217 e. The Labute approximate surface area is 82.2 Å². The molecule has 1 heterocycles. The first kappa shape index (κ1) is 10.8. The highest BCUT2D eigenvalue weighted by atomic mass is 19.1. The number of rotatable bonds is 4. The second kappa shape index (κ2) is 4.32. The van der Waals surface area contributed by atoms with Crippen LogP contribution in [0.1, 0.15) is 13.8 Å². The van der Waals surface area contributed by atoms with E-state index < -0.39 is 5.95 Å². The van der Waals surface area contributed by atoms with Crippen LogP contribution in [-0.4, -0.2) is 28.2 Å². The number of hydrogen-bond acceptors (Lipinski definition) is 4. The van der Waals surface area contributed by atoms with Crippen LogP contribution in [0.5, 0.6) is 0 Å². The second-order valence-corrected chi connectivity index (χ2v) is 3.90. The van der Waals surface area contributed by atoms with Crippen LogP contribution in [0, 0.1) is 11.4 Å². The summed E-state index contributed by atoms with van der Waals surface area (Å²) < 4.78 is 12.6. The fourth-order valence-corrected chi connectivity index (χ4v) is 0.816. The molecule has 0 saturated heterocycles. The maximum absolute atomic E-state index is 12.6. The molecule has 78 valence electrons. The van der Waals surface area contributed by atoms with Crippen LogP contribution >= 0.6 is 0 Å². The molecule has 0 amide bonds. The van der Waals surface area contributed by atoms with Crippen molar-refractivity contribution in [1.82, 2.24) is 9.97 Å². The number of hydrogen-bond donors (Lipinski definition) is 2. The van der Waals surface area contributed by atoms with Gasteiger partial charge in [-0.1, -0.05) is 13.8 Å². The van der Waals surface area contributed by atoms with Crippen molar-refractivity contribution in [2.75, 3.05) is 18.5 Å². The SMILES string of the molecule is CC(C)(CO)CNc1cc(F)ncn1. The molecule has 1 aromatic heterocycles. The van der Waals surface area contributed by atoms with Gasteiger partial charge in [0.05, 0.1) is 0 Å². The molecule has 5 heteroatoms. The Morgan fingerprint density at radius 3 is 2.79 bits per heavy atom. The molecule has 0 unspecified atom stereocenters. The highest BCUT2D eigenvalue weighted by Gasteiger charge is 2.16. The number of nitrogens with one attached hydrogen (secondary N) is 1. The number of aliphatic hydroxyl groups excluding tert-OH is 1. The highest BCUT2D eigenvalue weighted by Crippen LogP contribution is 2.14. The predicted octanol–water partition coefficient (Wildman–Crippen LogP) is 1.05. The first-order chi connectivity index (χ1) is 6.53. The Bertz CT molecular complexity index is 304. The number of aromatic nitrogens is 2. The summed E-state index contributed by atoms with van der Waals surface area (Å²) in [5.74, 6) is -0.136. The molecular weight excluding hydrogens is 185 g/mol. The Balaban J connectivity index is 2.54. The third kappa shape index (κ3) is 3.26. The van der Waals surface area contributed by atoms with Crippen molar-refractivity contribution < 1.29 is 9.50 Å². The van der Waals surface area contributed by atoms with E-state index in [1.54, 1.807) is 0 Å². The van der Waals surface area contributed by atoms with Gasteiger partial charge < -0.3 is 10.4 Å². The van der Waals surface area contributed by atoms with E-state index in [9.17, 15) is 4.39 Å². The Hall–Kier alpha value is -1.23. The average molecular weight is 199 g/mol. The van der Waals surface area contributed by atoms with Gasteiger partial charge in [-0.05, 0) is 0 Å². The van der Waals surface area contributed by atoms with E-state index in [4.69, 9.17) is 5.11 Å². The van der Waals surface area contributed by atoms with E-state index in [1.807, 2.05) is 13.8 Å². The average Bonchev–Trinajstić information content (AvgIpc) is 2.15. The standard InChI is InChI=1S/C9H14FN3O/c1-9(2,5-14)4-11-8-3-7(10)12-6-13-8/h3,6,14H,4-5H2,1-2H3,(H,11,12,13). The third-order valence-corrected chi connectivity index (χ3v) is 1.81. The molecule has 0 aliphatic heterocycles. The van der Waals surface area contributed by atoms with E-state index in [2.05, 4.69) is 15.3 Å². The molecule has 0 bridgehead atoms. The summed E-state index contributed by atoms with van der Waals surface area (Å²) in [6, 6.07) is 1.22. The van der Waals surface area contributed by atoms with Crippen LogP contribution in [-0.2, 0) is 0 Å². The predicted molar refractivity (Wildman–Crippen MR) is 51.3 cm³/mol. The zero-order valence-corrected chi connectivity index (χ0v) is 8.29. The number of anilines is 1. The molecule has 0 fully saturated rings.